The maximum atomic E-state index is 13.1. The minimum Gasteiger partial charge on any atom is -0.353 e. The molecule has 0 aliphatic carbocycles. The van der Waals surface area contributed by atoms with E-state index in [0.29, 0.717) is 18.4 Å². The Kier molecular flexibility index (Phi) is 5.36. The van der Waals surface area contributed by atoms with E-state index in [2.05, 4.69) is 5.32 Å². The number of aryl methyl sites for hydroxylation is 1. The second kappa shape index (κ2) is 6.81. The summed E-state index contributed by atoms with van der Waals surface area (Å²) in [6, 6.07) is 3.27. The first-order valence-corrected chi connectivity index (χ1v) is 11.0. The van der Waals surface area contributed by atoms with Gasteiger partial charge in [0.1, 0.15) is 6.04 Å². The van der Waals surface area contributed by atoms with Crippen LogP contribution in [0.15, 0.2) is 28.0 Å². The Hall–Kier alpha value is -1.45. The SMILES string of the molecule is CCCC1C(=O)NCCN1S(=O)(=O)c1cc(S(C)(=O)=O)ccc1C. The van der Waals surface area contributed by atoms with Crippen LogP contribution in [0.2, 0.25) is 0 Å². The summed E-state index contributed by atoms with van der Waals surface area (Å²) in [6.45, 7) is 3.89. The van der Waals surface area contributed by atoms with E-state index in [0.717, 1.165) is 6.26 Å². The molecule has 0 radical (unpaired) electrons. The molecular weight excluding hydrogens is 352 g/mol. The Labute approximate surface area is 143 Å². The minimum absolute atomic E-state index is 0.0554. The maximum absolute atomic E-state index is 13.1. The van der Waals surface area contributed by atoms with E-state index in [-0.39, 0.29) is 28.8 Å². The Bertz CT molecular complexity index is 847. The lowest BCUT2D eigenvalue weighted by Crippen LogP contribution is -2.57. The largest absolute Gasteiger partial charge is 0.353 e. The zero-order valence-corrected chi connectivity index (χ0v) is 15.6. The van der Waals surface area contributed by atoms with Gasteiger partial charge in [-0.05, 0) is 31.0 Å². The number of benzene rings is 1. The number of piperazine rings is 1. The van der Waals surface area contributed by atoms with E-state index in [1.54, 1.807) is 6.92 Å². The topological polar surface area (TPSA) is 101 Å². The predicted molar refractivity (Wildman–Crippen MR) is 89.9 cm³/mol. The molecular formula is C15H22N2O5S2. The number of carbonyl (C=O) groups is 1. The summed E-state index contributed by atoms with van der Waals surface area (Å²) in [5.41, 5.74) is 0.448. The number of hydrogen-bond donors (Lipinski definition) is 1. The highest BCUT2D eigenvalue weighted by Gasteiger charge is 2.38. The van der Waals surface area contributed by atoms with Gasteiger partial charge in [-0.3, -0.25) is 4.79 Å². The normalized spacial score (nSPS) is 20.0. The molecule has 1 aromatic carbocycles. The molecule has 24 heavy (non-hydrogen) atoms. The second-order valence-electron chi connectivity index (χ2n) is 5.91. The van der Waals surface area contributed by atoms with Crippen molar-refractivity contribution in [1.29, 1.82) is 0 Å². The van der Waals surface area contributed by atoms with Gasteiger partial charge in [0.05, 0.1) is 9.79 Å². The molecule has 1 heterocycles. The van der Waals surface area contributed by atoms with Gasteiger partial charge in [0.2, 0.25) is 15.9 Å². The Morgan fingerprint density at radius 2 is 1.92 bits per heavy atom. The van der Waals surface area contributed by atoms with E-state index in [4.69, 9.17) is 0 Å². The molecule has 0 aromatic heterocycles. The van der Waals surface area contributed by atoms with Crippen LogP contribution in [-0.4, -0.2) is 52.4 Å². The van der Waals surface area contributed by atoms with Crippen LogP contribution < -0.4 is 5.32 Å². The summed E-state index contributed by atoms with van der Waals surface area (Å²) in [5, 5.41) is 2.68. The van der Waals surface area contributed by atoms with Crippen LogP contribution in [0.25, 0.3) is 0 Å². The fraction of sp³-hybridized carbons (Fsp3) is 0.533. The second-order valence-corrected chi connectivity index (χ2v) is 9.79. The number of sulfonamides is 1. The number of rotatable bonds is 5. The summed E-state index contributed by atoms with van der Waals surface area (Å²) in [7, 11) is -7.50. The van der Waals surface area contributed by atoms with E-state index < -0.39 is 25.9 Å². The Balaban J connectivity index is 2.55. The van der Waals surface area contributed by atoms with Crippen LogP contribution in [0.1, 0.15) is 25.3 Å². The average molecular weight is 374 g/mol. The molecule has 1 N–H and O–H groups in total. The van der Waals surface area contributed by atoms with Crippen LogP contribution >= 0.6 is 0 Å². The molecule has 1 aromatic rings. The summed E-state index contributed by atoms with van der Waals surface area (Å²) < 4.78 is 50.8. The highest BCUT2D eigenvalue weighted by molar-refractivity contribution is 7.91. The van der Waals surface area contributed by atoms with Gasteiger partial charge in [-0.15, -0.1) is 0 Å². The fourth-order valence-corrected chi connectivity index (χ4v) is 5.34. The molecule has 9 heteroatoms. The molecule has 134 valence electrons. The van der Waals surface area contributed by atoms with Crippen molar-refractivity contribution >= 4 is 25.8 Å². The lowest BCUT2D eigenvalue weighted by atomic mass is 10.1. The zero-order chi connectivity index (χ0) is 18.1. The lowest BCUT2D eigenvalue weighted by molar-refractivity contribution is -0.126. The van der Waals surface area contributed by atoms with Gasteiger partial charge in [0, 0.05) is 19.3 Å². The first-order valence-electron chi connectivity index (χ1n) is 7.69. The van der Waals surface area contributed by atoms with Crippen molar-refractivity contribution in [3.05, 3.63) is 23.8 Å². The monoisotopic (exact) mass is 374 g/mol. The molecule has 1 aliphatic rings. The third-order valence-electron chi connectivity index (χ3n) is 4.02. The Morgan fingerprint density at radius 3 is 2.50 bits per heavy atom. The first kappa shape index (κ1) is 18.9. The van der Waals surface area contributed by atoms with Crippen molar-refractivity contribution in [2.45, 2.75) is 42.5 Å². The summed E-state index contributed by atoms with van der Waals surface area (Å²) >= 11 is 0. The van der Waals surface area contributed by atoms with Crippen molar-refractivity contribution in [2.24, 2.45) is 0 Å². The summed E-state index contributed by atoms with van der Waals surface area (Å²) in [5.74, 6) is -0.316. The van der Waals surface area contributed by atoms with Gasteiger partial charge in [-0.1, -0.05) is 19.4 Å². The van der Waals surface area contributed by atoms with Gasteiger partial charge in [-0.2, -0.15) is 4.31 Å². The van der Waals surface area contributed by atoms with Gasteiger partial charge < -0.3 is 5.32 Å². The van der Waals surface area contributed by atoms with Crippen molar-refractivity contribution in [3.8, 4) is 0 Å². The third-order valence-corrected chi connectivity index (χ3v) is 7.18. The van der Waals surface area contributed by atoms with Gasteiger partial charge >= 0.3 is 0 Å². The van der Waals surface area contributed by atoms with Gasteiger partial charge in [0.25, 0.3) is 0 Å². The number of nitrogens with one attached hydrogen (secondary N) is 1. The number of carbonyl (C=O) groups excluding carboxylic acids is 1. The lowest BCUT2D eigenvalue weighted by Gasteiger charge is -2.34. The van der Waals surface area contributed by atoms with E-state index >= 15 is 0 Å². The average Bonchev–Trinajstić information content (AvgIpc) is 2.48. The van der Waals surface area contributed by atoms with Crippen LogP contribution in [0.3, 0.4) is 0 Å². The van der Waals surface area contributed by atoms with Gasteiger partial charge in [0.15, 0.2) is 9.84 Å². The predicted octanol–water partition coefficient (Wildman–Crippen LogP) is 0.688. The van der Waals surface area contributed by atoms with Crippen molar-refractivity contribution < 1.29 is 21.6 Å². The molecule has 0 spiro atoms. The van der Waals surface area contributed by atoms with Gasteiger partial charge in [-0.25, -0.2) is 16.8 Å². The minimum atomic E-state index is -3.97. The first-order chi connectivity index (χ1) is 11.1. The highest BCUT2D eigenvalue weighted by Crippen LogP contribution is 2.27. The molecule has 7 nitrogen and oxygen atoms in total. The van der Waals surface area contributed by atoms with Crippen LogP contribution in [0, 0.1) is 6.92 Å². The van der Waals surface area contributed by atoms with Crippen molar-refractivity contribution in [3.63, 3.8) is 0 Å². The summed E-state index contributed by atoms with van der Waals surface area (Å²) in [4.78, 5) is 11.9. The fourth-order valence-electron chi connectivity index (χ4n) is 2.75. The third kappa shape index (κ3) is 3.62. The maximum Gasteiger partial charge on any atom is 0.244 e. The van der Waals surface area contributed by atoms with Crippen LogP contribution in [0.4, 0.5) is 0 Å². The summed E-state index contributed by atoms with van der Waals surface area (Å²) in [6.07, 6.45) is 2.10. The number of amides is 1. The number of sulfone groups is 1. The van der Waals surface area contributed by atoms with E-state index in [1.165, 1.54) is 22.5 Å². The van der Waals surface area contributed by atoms with Crippen molar-refractivity contribution in [1.82, 2.24) is 9.62 Å². The number of hydrogen-bond acceptors (Lipinski definition) is 5. The molecule has 2 rings (SSSR count). The molecule has 1 saturated heterocycles. The van der Waals surface area contributed by atoms with E-state index in [1.807, 2.05) is 6.92 Å². The van der Waals surface area contributed by atoms with E-state index in [9.17, 15) is 21.6 Å². The molecule has 1 amide bonds. The molecule has 1 aliphatic heterocycles. The van der Waals surface area contributed by atoms with Crippen LogP contribution in [0.5, 0.6) is 0 Å². The smallest absolute Gasteiger partial charge is 0.244 e. The quantitative estimate of drug-likeness (QED) is 0.817. The zero-order valence-electron chi connectivity index (χ0n) is 13.9. The van der Waals surface area contributed by atoms with Crippen LogP contribution in [-0.2, 0) is 24.7 Å². The number of nitrogens with zero attached hydrogens (tertiary/aromatic N) is 1. The molecule has 1 fully saturated rings. The highest BCUT2D eigenvalue weighted by atomic mass is 32.2. The molecule has 1 atom stereocenters. The standard InChI is InChI=1S/C15H22N2O5S2/c1-4-5-13-15(18)16-8-9-17(13)24(21,22)14-10-12(23(3,19)20)7-6-11(14)2/h6-7,10,13H,4-5,8-9H2,1-3H3,(H,16,18). The molecule has 1 unspecified atom stereocenters. The molecule has 0 bridgehead atoms. The molecule has 0 saturated carbocycles. The Morgan fingerprint density at radius 1 is 1.25 bits per heavy atom. The van der Waals surface area contributed by atoms with Crippen molar-refractivity contribution in [2.75, 3.05) is 19.3 Å².